The molecule has 2 aromatic rings. The van der Waals surface area contributed by atoms with Gasteiger partial charge in [-0.25, -0.2) is 0 Å². The molecule has 0 saturated carbocycles. The Hall–Kier alpha value is -2.06. The smallest absolute Gasteiger partial charge is 0.248 e. The lowest BCUT2D eigenvalue weighted by atomic mass is 10.0. The van der Waals surface area contributed by atoms with Crippen molar-refractivity contribution < 1.29 is 4.79 Å². The number of anilines is 1. The van der Waals surface area contributed by atoms with Crippen LogP contribution in [0, 0.1) is 0 Å². The molecule has 0 atom stereocenters. The molecule has 2 aromatic carbocycles. The lowest BCUT2D eigenvalue weighted by Gasteiger charge is -2.12. The first-order valence-electron chi connectivity index (χ1n) is 6.90. The molecule has 0 aromatic heterocycles. The predicted molar refractivity (Wildman–Crippen MR) is 89.6 cm³/mol. The number of amides is 1. The minimum Gasteiger partial charge on any atom is -0.322 e. The Balaban J connectivity index is 2.11. The lowest BCUT2D eigenvalue weighted by molar-refractivity contribution is -0.111. The van der Waals surface area contributed by atoms with Crippen LogP contribution in [0.15, 0.2) is 54.6 Å². The van der Waals surface area contributed by atoms with Gasteiger partial charge in [-0.3, -0.25) is 4.79 Å². The molecular formula is C18H18ClNO. The van der Waals surface area contributed by atoms with E-state index >= 15 is 0 Å². The van der Waals surface area contributed by atoms with E-state index in [9.17, 15) is 4.79 Å². The summed E-state index contributed by atoms with van der Waals surface area (Å²) in [5, 5.41) is 3.54. The van der Waals surface area contributed by atoms with E-state index in [2.05, 4.69) is 19.2 Å². The van der Waals surface area contributed by atoms with Crippen molar-refractivity contribution in [2.45, 2.75) is 19.8 Å². The first-order valence-corrected chi connectivity index (χ1v) is 7.28. The van der Waals surface area contributed by atoms with Crippen LogP contribution in [0.1, 0.15) is 30.9 Å². The van der Waals surface area contributed by atoms with E-state index < -0.39 is 0 Å². The zero-order chi connectivity index (χ0) is 15.2. The van der Waals surface area contributed by atoms with Gasteiger partial charge in [-0.1, -0.05) is 61.8 Å². The molecule has 2 rings (SSSR count). The minimum atomic E-state index is -0.164. The number of halogens is 1. The maximum absolute atomic E-state index is 12.0. The van der Waals surface area contributed by atoms with E-state index in [1.165, 1.54) is 6.08 Å². The summed E-state index contributed by atoms with van der Waals surface area (Å²) in [6.45, 7) is 4.20. The van der Waals surface area contributed by atoms with Gasteiger partial charge in [0, 0.05) is 16.8 Å². The summed E-state index contributed by atoms with van der Waals surface area (Å²) in [4.78, 5) is 12.0. The fraction of sp³-hybridized carbons (Fsp3) is 0.167. The Labute approximate surface area is 130 Å². The van der Waals surface area contributed by atoms with Crippen LogP contribution in [0.5, 0.6) is 0 Å². The number of hydrogen-bond donors (Lipinski definition) is 1. The van der Waals surface area contributed by atoms with E-state index in [1.54, 1.807) is 12.1 Å². The number of rotatable bonds is 4. The monoisotopic (exact) mass is 299 g/mol. The summed E-state index contributed by atoms with van der Waals surface area (Å²) in [5.74, 6) is 0.192. The summed E-state index contributed by atoms with van der Waals surface area (Å²) in [6.07, 6.45) is 3.22. The minimum absolute atomic E-state index is 0.164. The summed E-state index contributed by atoms with van der Waals surface area (Å²) in [7, 11) is 0. The molecule has 0 aliphatic rings. The highest BCUT2D eigenvalue weighted by Gasteiger charge is 2.07. The average molecular weight is 300 g/mol. The van der Waals surface area contributed by atoms with Gasteiger partial charge in [0.2, 0.25) is 5.91 Å². The summed E-state index contributed by atoms with van der Waals surface area (Å²) in [5.41, 5.74) is 2.80. The van der Waals surface area contributed by atoms with Gasteiger partial charge in [0.25, 0.3) is 0 Å². The molecule has 108 valence electrons. The van der Waals surface area contributed by atoms with E-state index in [0.29, 0.717) is 10.9 Å². The normalized spacial score (nSPS) is 11.0. The largest absolute Gasteiger partial charge is 0.322 e. The molecule has 0 aliphatic heterocycles. The third kappa shape index (κ3) is 4.20. The third-order valence-electron chi connectivity index (χ3n) is 3.16. The molecule has 1 N–H and O–H groups in total. The van der Waals surface area contributed by atoms with Gasteiger partial charge < -0.3 is 5.32 Å². The molecule has 0 fully saturated rings. The molecule has 0 spiro atoms. The number of para-hydroxylation sites is 1. The molecule has 0 bridgehead atoms. The van der Waals surface area contributed by atoms with Crippen molar-refractivity contribution in [3.05, 3.63) is 70.8 Å². The Morgan fingerprint density at radius 3 is 2.48 bits per heavy atom. The number of benzene rings is 2. The van der Waals surface area contributed by atoms with Crippen LogP contribution in [0.2, 0.25) is 5.02 Å². The number of carbonyl (C=O) groups excluding carboxylic acids is 1. The first kappa shape index (κ1) is 15.3. The molecule has 3 heteroatoms. The fourth-order valence-electron chi connectivity index (χ4n) is 2.06. The van der Waals surface area contributed by atoms with Gasteiger partial charge in [0.15, 0.2) is 0 Å². The molecule has 0 heterocycles. The summed E-state index contributed by atoms with van der Waals surface area (Å²) >= 11 is 6.05. The summed E-state index contributed by atoms with van der Waals surface area (Å²) < 4.78 is 0. The van der Waals surface area contributed by atoms with Crippen molar-refractivity contribution in [1.29, 1.82) is 0 Å². The maximum Gasteiger partial charge on any atom is 0.248 e. The highest BCUT2D eigenvalue weighted by molar-refractivity contribution is 6.32. The zero-order valence-corrected chi connectivity index (χ0v) is 12.9. The van der Waals surface area contributed by atoms with Crippen molar-refractivity contribution in [2.75, 3.05) is 5.32 Å². The maximum atomic E-state index is 12.0. The number of hydrogen-bond acceptors (Lipinski definition) is 1. The second-order valence-electron chi connectivity index (χ2n) is 5.09. The molecule has 21 heavy (non-hydrogen) atoms. The Kier molecular flexibility index (Phi) is 5.18. The Morgan fingerprint density at radius 1 is 1.10 bits per heavy atom. The Bertz CT molecular complexity index is 662. The van der Waals surface area contributed by atoms with Crippen molar-refractivity contribution in [1.82, 2.24) is 0 Å². The van der Waals surface area contributed by atoms with Crippen molar-refractivity contribution in [3.8, 4) is 0 Å². The highest BCUT2D eigenvalue weighted by atomic mass is 35.5. The van der Waals surface area contributed by atoms with Crippen LogP contribution in [0.3, 0.4) is 0 Å². The van der Waals surface area contributed by atoms with Crippen LogP contribution >= 0.6 is 11.6 Å². The van der Waals surface area contributed by atoms with Gasteiger partial charge in [-0.15, -0.1) is 0 Å². The van der Waals surface area contributed by atoms with Crippen LogP contribution in [0.25, 0.3) is 6.08 Å². The molecule has 2 nitrogen and oxygen atoms in total. The van der Waals surface area contributed by atoms with Crippen LogP contribution in [0.4, 0.5) is 5.69 Å². The van der Waals surface area contributed by atoms with Crippen LogP contribution < -0.4 is 5.32 Å². The first-order chi connectivity index (χ1) is 10.1. The second kappa shape index (κ2) is 7.09. The Morgan fingerprint density at radius 2 is 1.76 bits per heavy atom. The van der Waals surface area contributed by atoms with Crippen molar-refractivity contribution >= 4 is 29.3 Å². The third-order valence-corrected chi connectivity index (χ3v) is 3.50. The van der Waals surface area contributed by atoms with Crippen LogP contribution in [-0.2, 0) is 4.79 Å². The number of carbonyl (C=O) groups is 1. The molecule has 0 aliphatic carbocycles. The van der Waals surface area contributed by atoms with E-state index in [1.807, 2.05) is 42.5 Å². The second-order valence-corrected chi connectivity index (χ2v) is 5.49. The van der Waals surface area contributed by atoms with Gasteiger partial charge in [-0.2, -0.15) is 0 Å². The van der Waals surface area contributed by atoms with Crippen LogP contribution in [-0.4, -0.2) is 5.91 Å². The van der Waals surface area contributed by atoms with Crippen molar-refractivity contribution in [2.24, 2.45) is 0 Å². The van der Waals surface area contributed by atoms with Gasteiger partial charge in [0.05, 0.1) is 0 Å². The standard InChI is InChI=1S/C18H18ClNO/c1-13(2)15-8-4-6-10-17(15)20-18(21)12-11-14-7-3-5-9-16(14)19/h3-13H,1-2H3,(H,20,21). The molecular weight excluding hydrogens is 282 g/mol. The topological polar surface area (TPSA) is 29.1 Å². The highest BCUT2D eigenvalue weighted by Crippen LogP contribution is 2.23. The van der Waals surface area contributed by atoms with Gasteiger partial charge >= 0.3 is 0 Å². The SMILES string of the molecule is CC(C)c1ccccc1NC(=O)C=Cc1ccccc1Cl. The fourth-order valence-corrected chi connectivity index (χ4v) is 2.26. The van der Waals surface area contributed by atoms with Crippen molar-refractivity contribution in [3.63, 3.8) is 0 Å². The molecule has 0 unspecified atom stereocenters. The van der Waals surface area contributed by atoms with Gasteiger partial charge in [0.1, 0.15) is 0 Å². The number of nitrogens with one attached hydrogen (secondary N) is 1. The average Bonchev–Trinajstić information content (AvgIpc) is 2.47. The molecule has 1 amide bonds. The molecule has 0 saturated heterocycles. The lowest BCUT2D eigenvalue weighted by Crippen LogP contribution is -2.10. The van der Waals surface area contributed by atoms with E-state index in [0.717, 1.165) is 16.8 Å². The summed E-state index contributed by atoms with van der Waals surface area (Å²) in [6, 6.07) is 15.2. The zero-order valence-electron chi connectivity index (χ0n) is 12.1. The van der Waals surface area contributed by atoms with E-state index in [4.69, 9.17) is 11.6 Å². The quantitative estimate of drug-likeness (QED) is 0.780. The van der Waals surface area contributed by atoms with E-state index in [-0.39, 0.29) is 5.91 Å². The predicted octanol–water partition coefficient (Wildman–Crippen LogP) is 5.12. The van der Waals surface area contributed by atoms with Gasteiger partial charge in [-0.05, 0) is 35.3 Å². The molecule has 0 radical (unpaired) electrons.